The zero-order valence-corrected chi connectivity index (χ0v) is 19.5. The molecule has 1 fully saturated rings. The van der Waals surface area contributed by atoms with E-state index < -0.39 is 6.10 Å². The number of guanidine groups is 1. The second-order valence-corrected chi connectivity index (χ2v) is 8.87. The number of aliphatic imine (C=N–C) groups is 1. The molecule has 1 aromatic carbocycles. The highest BCUT2D eigenvalue weighted by Gasteiger charge is 2.20. The largest absolute Gasteiger partial charge is 0.389 e. The predicted octanol–water partition coefficient (Wildman–Crippen LogP) is 3.41. The maximum Gasteiger partial charge on any atom is 0.191 e. The van der Waals surface area contributed by atoms with Gasteiger partial charge in [-0.15, -0.1) is 0 Å². The number of rotatable bonds is 10. The lowest BCUT2D eigenvalue weighted by Crippen LogP contribution is -2.48. The van der Waals surface area contributed by atoms with Crippen molar-refractivity contribution >= 4 is 17.3 Å². The van der Waals surface area contributed by atoms with Gasteiger partial charge in [-0.1, -0.05) is 30.3 Å². The molecule has 1 aromatic heterocycles. The van der Waals surface area contributed by atoms with Crippen molar-refractivity contribution in [1.82, 2.24) is 15.5 Å². The Balaban J connectivity index is 1.40. The minimum atomic E-state index is -0.630. The first-order chi connectivity index (χ1) is 15.1. The number of nitrogens with one attached hydrogen (secondary N) is 2. The van der Waals surface area contributed by atoms with E-state index in [0.717, 1.165) is 50.5 Å². The van der Waals surface area contributed by atoms with Crippen LogP contribution in [0, 0.1) is 0 Å². The first kappa shape index (κ1) is 23.7. The minimum absolute atomic E-state index is 0.0505. The zero-order chi connectivity index (χ0) is 21.9. The SMILES string of the molecule is CCNC(=NCC(O)COC(C)c1ccccc1)NC1CCN(Cc2ccsc2)CC1. The van der Waals surface area contributed by atoms with Crippen LogP contribution in [-0.2, 0) is 11.3 Å². The van der Waals surface area contributed by atoms with Crippen molar-refractivity contribution in [2.45, 2.75) is 51.5 Å². The lowest BCUT2D eigenvalue weighted by Gasteiger charge is -2.33. The molecule has 2 unspecified atom stereocenters. The molecule has 170 valence electrons. The predicted molar refractivity (Wildman–Crippen MR) is 129 cm³/mol. The van der Waals surface area contributed by atoms with Gasteiger partial charge < -0.3 is 20.5 Å². The Hall–Kier alpha value is -1.93. The smallest absolute Gasteiger partial charge is 0.191 e. The summed E-state index contributed by atoms with van der Waals surface area (Å²) in [6.07, 6.45) is 1.50. The Morgan fingerprint density at radius 2 is 2.03 bits per heavy atom. The van der Waals surface area contributed by atoms with E-state index in [9.17, 15) is 5.11 Å². The molecule has 6 nitrogen and oxygen atoms in total. The molecule has 1 aliphatic heterocycles. The summed E-state index contributed by atoms with van der Waals surface area (Å²) in [5.41, 5.74) is 2.52. The Bertz CT molecular complexity index is 761. The van der Waals surface area contributed by atoms with Crippen LogP contribution in [0.25, 0.3) is 0 Å². The summed E-state index contributed by atoms with van der Waals surface area (Å²) in [5.74, 6) is 0.772. The highest BCUT2D eigenvalue weighted by Crippen LogP contribution is 2.17. The van der Waals surface area contributed by atoms with E-state index in [-0.39, 0.29) is 12.7 Å². The fourth-order valence-electron chi connectivity index (χ4n) is 3.71. The van der Waals surface area contributed by atoms with Crippen molar-refractivity contribution in [2.24, 2.45) is 4.99 Å². The monoisotopic (exact) mass is 444 g/mol. The maximum atomic E-state index is 10.3. The first-order valence-electron chi connectivity index (χ1n) is 11.3. The van der Waals surface area contributed by atoms with Gasteiger partial charge in [-0.25, -0.2) is 0 Å². The Morgan fingerprint density at radius 3 is 2.71 bits per heavy atom. The number of aliphatic hydroxyl groups excluding tert-OH is 1. The van der Waals surface area contributed by atoms with Crippen molar-refractivity contribution in [3.63, 3.8) is 0 Å². The van der Waals surface area contributed by atoms with Crippen LogP contribution in [0.2, 0.25) is 0 Å². The van der Waals surface area contributed by atoms with Gasteiger partial charge >= 0.3 is 0 Å². The number of thiophene rings is 1. The van der Waals surface area contributed by atoms with Crippen LogP contribution in [0.5, 0.6) is 0 Å². The van der Waals surface area contributed by atoms with E-state index in [0.29, 0.717) is 12.6 Å². The van der Waals surface area contributed by atoms with Crippen LogP contribution in [0.15, 0.2) is 52.2 Å². The van der Waals surface area contributed by atoms with E-state index in [4.69, 9.17) is 4.74 Å². The molecule has 3 rings (SSSR count). The van der Waals surface area contributed by atoms with Crippen LogP contribution < -0.4 is 10.6 Å². The van der Waals surface area contributed by atoms with Crippen molar-refractivity contribution in [3.05, 3.63) is 58.3 Å². The normalized spacial score (nSPS) is 18.0. The number of ether oxygens (including phenoxy) is 1. The fraction of sp³-hybridized carbons (Fsp3) is 0.542. The van der Waals surface area contributed by atoms with Gasteiger partial charge in [-0.3, -0.25) is 9.89 Å². The molecule has 31 heavy (non-hydrogen) atoms. The third-order valence-corrected chi connectivity index (χ3v) is 6.26. The number of benzene rings is 1. The van der Waals surface area contributed by atoms with Gasteiger partial charge in [0, 0.05) is 32.2 Å². The fourth-order valence-corrected chi connectivity index (χ4v) is 4.37. The molecule has 0 spiro atoms. The quantitative estimate of drug-likeness (QED) is 0.387. The van der Waals surface area contributed by atoms with Gasteiger partial charge in [0.1, 0.15) is 0 Å². The number of nitrogens with zero attached hydrogens (tertiary/aromatic N) is 2. The zero-order valence-electron chi connectivity index (χ0n) is 18.7. The van der Waals surface area contributed by atoms with E-state index in [1.54, 1.807) is 11.3 Å². The maximum absolute atomic E-state index is 10.3. The number of piperidine rings is 1. The van der Waals surface area contributed by atoms with Gasteiger partial charge in [0.2, 0.25) is 0 Å². The lowest BCUT2D eigenvalue weighted by atomic mass is 10.0. The number of aliphatic hydroxyl groups is 1. The van der Waals surface area contributed by atoms with Gasteiger partial charge in [-0.05, 0) is 54.6 Å². The molecule has 0 amide bonds. The van der Waals surface area contributed by atoms with Crippen molar-refractivity contribution in [2.75, 3.05) is 32.8 Å². The Labute approximate surface area is 190 Å². The summed E-state index contributed by atoms with van der Waals surface area (Å²) in [6, 6.07) is 12.7. The number of likely N-dealkylation sites (tertiary alicyclic amines) is 1. The lowest BCUT2D eigenvalue weighted by molar-refractivity contribution is 0.00111. The van der Waals surface area contributed by atoms with E-state index >= 15 is 0 Å². The van der Waals surface area contributed by atoms with E-state index in [1.807, 2.05) is 37.3 Å². The number of hydrogen-bond donors (Lipinski definition) is 3. The second kappa shape index (κ2) is 12.8. The highest BCUT2D eigenvalue weighted by molar-refractivity contribution is 7.07. The van der Waals surface area contributed by atoms with Gasteiger partial charge in [0.15, 0.2) is 5.96 Å². The molecule has 2 heterocycles. The summed E-state index contributed by atoms with van der Waals surface area (Å²) in [5, 5.41) is 21.6. The molecule has 0 saturated carbocycles. The van der Waals surface area contributed by atoms with Crippen LogP contribution in [0.4, 0.5) is 0 Å². The highest BCUT2D eigenvalue weighted by atomic mass is 32.1. The van der Waals surface area contributed by atoms with Crippen LogP contribution in [0.3, 0.4) is 0 Å². The van der Waals surface area contributed by atoms with Crippen molar-refractivity contribution in [1.29, 1.82) is 0 Å². The van der Waals surface area contributed by atoms with E-state index in [1.165, 1.54) is 5.56 Å². The van der Waals surface area contributed by atoms with Crippen molar-refractivity contribution < 1.29 is 9.84 Å². The average molecular weight is 445 g/mol. The molecule has 3 N–H and O–H groups in total. The molecule has 0 radical (unpaired) electrons. The van der Waals surface area contributed by atoms with E-state index in [2.05, 4.69) is 44.3 Å². The van der Waals surface area contributed by atoms with Gasteiger partial charge in [0.25, 0.3) is 0 Å². The molecule has 1 saturated heterocycles. The summed E-state index contributed by atoms with van der Waals surface area (Å²) in [4.78, 5) is 7.10. The Morgan fingerprint density at radius 1 is 1.26 bits per heavy atom. The Kier molecular flexibility index (Phi) is 9.81. The number of hydrogen-bond acceptors (Lipinski definition) is 5. The molecule has 7 heteroatoms. The third kappa shape index (κ3) is 8.26. The molecule has 0 aliphatic carbocycles. The molecule has 1 aliphatic rings. The first-order valence-corrected chi connectivity index (χ1v) is 12.2. The van der Waals surface area contributed by atoms with Crippen molar-refractivity contribution in [3.8, 4) is 0 Å². The van der Waals surface area contributed by atoms with Crippen LogP contribution in [0.1, 0.15) is 43.9 Å². The second-order valence-electron chi connectivity index (χ2n) is 8.09. The standard InChI is InChI=1S/C24H36N4O2S/c1-3-25-24(26-15-23(29)17-30-19(2)21-7-5-4-6-8-21)27-22-9-12-28(13-10-22)16-20-11-14-31-18-20/h4-8,11,14,18-19,22-23,29H,3,9-10,12-13,15-17H2,1-2H3,(H2,25,26,27). The van der Waals surface area contributed by atoms with Crippen LogP contribution >= 0.6 is 11.3 Å². The average Bonchev–Trinajstić information content (AvgIpc) is 3.31. The molecule has 2 atom stereocenters. The third-order valence-electron chi connectivity index (χ3n) is 5.53. The summed E-state index contributed by atoms with van der Waals surface area (Å²) in [6.45, 7) is 8.64. The van der Waals surface area contributed by atoms with Gasteiger partial charge in [0.05, 0.1) is 25.4 Å². The summed E-state index contributed by atoms with van der Waals surface area (Å²) < 4.78 is 5.82. The molecule has 0 bridgehead atoms. The molecular formula is C24H36N4O2S. The molecule has 2 aromatic rings. The van der Waals surface area contributed by atoms with Gasteiger partial charge in [-0.2, -0.15) is 11.3 Å². The minimum Gasteiger partial charge on any atom is -0.389 e. The molecular weight excluding hydrogens is 408 g/mol. The van der Waals surface area contributed by atoms with Crippen LogP contribution in [-0.4, -0.2) is 60.9 Å². The summed E-state index contributed by atoms with van der Waals surface area (Å²) >= 11 is 1.76. The summed E-state index contributed by atoms with van der Waals surface area (Å²) in [7, 11) is 0. The topological polar surface area (TPSA) is 69.1 Å².